The molecule has 0 bridgehead atoms. The molecule has 0 aliphatic rings. The van der Waals surface area contributed by atoms with Gasteiger partial charge in [0.05, 0.1) is 20.6 Å². The van der Waals surface area contributed by atoms with Gasteiger partial charge in [0.15, 0.2) is 0 Å². The lowest BCUT2D eigenvalue weighted by Gasteiger charge is -2.05. The molecule has 0 aliphatic carbocycles. The Morgan fingerprint density at radius 3 is 1.52 bits per heavy atom. The van der Waals surface area contributed by atoms with E-state index >= 15 is 0 Å². The molecule has 0 saturated carbocycles. The van der Waals surface area contributed by atoms with Crippen molar-refractivity contribution in [3.05, 3.63) is 12.2 Å². The Labute approximate surface area is 180 Å². The molecule has 0 aromatic carbocycles. The molecule has 0 rings (SSSR count). The topological polar surface area (TPSA) is 26.3 Å². The SMILES string of the molecule is C=C(C)C(=O)OCCCCCCCCCCCCCCCCC[SiH2]C(Cl)Cl. The number of halogens is 2. The number of alkyl halides is 2. The van der Waals surface area contributed by atoms with Crippen LogP contribution in [-0.2, 0) is 9.53 Å². The summed E-state index contributed by atoms with van der Waals surface area (Å²) >= 11 is 11.6. The molecule has 0 N–H and O–H groups in total. The van der Waals surface area contributed by atoms with Crippen LogP contribution in [0.3, 0.4) is 0 Å². The summed E-state index contributed by atoms with van der Waals surface area (Å²) in [5.74, 6) is -0.260. The van der Waals surface area contributed by atoms with Crippen LogP contribution >= 0.6 is 23.2 Å². The predicted molar refractivity (Wildman–Crippen MR) is 124 cm³/mol. The first-order valence-electron chi connectivity index (χ1n) is 11.1. The van der Waals surface area contributed by atoms with E-state index in [2.05, 4.69) is 6.58 Å². The van der Waals surface area contributed by atoms with Gasteiger partial charge in [-0.25, -0.2) is 4.79 Å². The van der Waals surface area contributed by atoms with Gasteiger partial charge < -0.3 is 4.74 Å². The Hall–Kier alpha value is 0.00688. The van der Waals surface area contributed by atoms with Crippen molar-refractivity contribution < 1.29 is 9.53 Å². The summed E-state index contributed by atoms with van der Waals surface area (Å²) in [6, 6.07) is 1.31. The highest BCUT2D eigenvalue weighted by atomic mass is 35.5. The van der Waals surface area contributed by atoms with Gasteiger partial charge in [-0.05, 0) is 13.3 Å². The van der Waals surface area contributed by atoms with E-state index in [1.165, 1.54) is 89.5 Å². The van der Waals surface area contributed by atoms with Gasteiger partial charge in [0.2, 0.25) is 0 Å². The van der Waals surface area contributed by atoms with Gasteiger partial charge in [0, 0.05) is 5.57 Å². The third-order valence-electron chi connectivity index (χ3n) is 4.90. The zero-order valence-corrected chi connectivity index (χ0v) is 20.5. The molecule has 0 saturated heterocycles. The molecule has 0 aliphatic heterocycles. The minimum Gasteiger partial charge on any atom is -0.462 e. The smallest absolute Gasteiger partial charge is 0.333 e. The number of hydrogen-bond acceptors (Lipinski definition) is 2. The van der Waals surface area contributed by atoms with E-state index in [9.17, 15) is 4.79 Å². The van der Waals surface area contributed by atoms with E-state index < -0.39 is 0 Å². The number of hydrogen-bond donors (Lipinski definition) is 0. The van der Waals surface area contributed by atoms with Crippen LogP contribution < -0.4 is 0 Å². The summed E-state index contributed by atoms with van der Waals surface area (Å²) in [4.78, 5) is 11.2. The van der Waals surface area contributed by atoms with Crippen molar-refractivity contribution in [3.63, 3.8) is 0 Å². The summed E-state index contributed by atoms with van der Waals surface area (Å²) in [5, 5.41) is 0. The summed E-state index contributed by atoms with van der Waals surface area (Å²) in [6.45, 7) is 5.80. The van der Waals surface area contributed by atoms with Crippen molar-refractivity contribution in [2.45, 2.75) is 114 Å². The lowest BCUT2D eigenvalue weighted by atomic mass is 10.0. The molecule has 0 spiro atoms. The van der Waals surface area contributed by atoms with Crippen LogP contribution in [0.2, 0.25) is 6.04 Å². The third kappa shape index (κ3) is 22.2. The van der Waals surface area contributed by atoms with Crippen molar-refractivity contribution in [2.24, 2.45) is 0 Å². The second-order valence-electron chi connectivity index (χ2n) is 7.75. The van der Waals surface area contributed by atoms with Crippen LogP contribution in [0.5, 0.6) is 0 Å². The minimum atomic E-state index is -0.260. The maximum atomic E-state index is 11.2. The molecule has 0 heterocycles. The molecule has 0 fully saturated rings. The van der Waals surface area contributed by atoms with Crippen molar-refractivity contribution in [2.75, 3.05) is 6.61 Å². The minimum absolute atomic E-state index is 0.0386. The van der Waals surface area contributed by atoms with E-state index in [-0.39, 0.29) is 19.9 Å². The summed E-state index contributed by atoms with van der Waals surface area (Å²) in [7, 11) is -0.215. The Morgan fingerprint density at radius 1 is 0.778 bits per heavy atom. The van der Waals surface area contributed by atoms with Crippen LogP contribution in [0.15, 0.2) is 12.2 Å². The van der Waals surface area contributed by atoms with E-state index in [1.807, 2.05) is 0 Å². The molecular weight excluding hydrogens is 395 g/mol. The number of unbranched alkanes of at least 4 members (excludes halogenated alkanes) is 14. The van der Waals surface area contributed by atoms with Gasteiger partial charge in [0.25, 0.3) is 0 Å². The van der Waals surface area contributed by atoms with E-state index in [0.29, 0.717) is 12.2 Å². The monoisotopic (exact) mass is 436 g/mol. The third-order valence-corrected chi connectivity index (χ3v) is 7.55. The molecule has 0 aromatic rings. The first kappa shape index (κ1) is 27.0. The Kier molecular flexibility index (Phi) is 20.7. The van der Waals surface area contributed by atoms with Crippen molar-refractivity contribution in [3.8, 4) is 0 Å². The normalized spacial score (nSPS) is 11.6. The first-order chi connectivity index (χ1) is 13.0. The molecular formula is C22H42Cl2O2Si. The van der Waals surface area contributed by atoms with E-state index in [0.717, 1.165) is 12.8 Å². The Balaban J connectivity index is 3.07. The fourth-order valence-corrected chi connectivity index (χ4v) is 5.04. The van der Waals surface area contributed by atoms with Crippen LogP contribution in [0, 0.1) is 0 Å². The van der Waals surface area contributed by atoms with Crippen LogP contribution in [-0.4, -0.2) is 26.6 Å². The maximum Gasteiger partial charge on any atom is 0.333 e. The lowest BCUT2D eigenvalue weighted by Crippen LogP contribution is -2.05. The molecule has 27 heavy (non-hydrogen) atoms. The van der Waals surface area contributed by atoms with Crippen LogP contribution in [0.4, 0.5) is 0 Å². The number of carbonyl (C=O) groups excluding carboxylic acids is 1. The number of rotatable bonds is 20. The average Bonchev–Trinajstić information content (AvgIpc) is 2.63. The summed E-state index contributed by atoms with van der Waals surface area (Å²) < 4.78 is 5.05. The second kappa shape index (κ2) is 20.7. The zero-order valence-electron chi connectivity index (χ0n) is 17.6. The lowest BCUT2D eigenvalue weighted by molar-refractivity contribution is -0.139. The molecule has 0 aromatic heterocycles. The van der Waals surface area contributed by atoms with Gasteiger partial charge >= 0.3 is 5.97 Å². The van der Waals surface area contributed by atoms with Gasteiger partial charge in [0.1, 0.15) is 0 Å². The number of ether oxygens (including phenoxy) is 1. The van der Waals surface area contributed by atoms with Gasteiger partial charge in [-0.2, -0.15) is 0 Å². The largest absolute Gasteiger partial charge is 0.462 e. The highest BCUT2D eigenvalue weighted by Gasteiger charge is 2.02. The van der Waals surface area contributed by atoms with Crippen molar-refractivity contribution >= 4 is 38.7 Å². The van der Waals surface area contributed by atoms with Crippen molar-refractivity contribution in [1.82, 2.24) is 0 Å². The molecule has 0 amide bonds. The van der Waals surface area contributed by atoms with Crippen molar-refractivity contribution in [1.29, 1.82) is 0 Å². The zero-order chi connectivity index (χ0) is 20.2. The Morgan fingerprint density at radius 2 is 1.15 bits per heavy atom. The molecule has 0 atom stereocenters. The summed E-state index contributed by atoms with van der Waals surface area (Å²) in [5.41, 5.74) is 0.486. The van der Waals surface area contributed by atoms with Crippen LogP contribution in [0.25, 0.3) is 0 Å². The number of carbonyl (C=O) groups is 1. The Bertz CT molecular complexity index is 362. The van der Waals surface area contributed by atoms with Crippen LogP contribution in [0.1, 0.15) is 103 Å². The number of esters is 1. The second-order valence-corrected chi connectivity index (χ2v) is 12.2. The van der Waals surface area contributed by atoms with Gasteiger partial charge in [-0.15, -0.1) is 23.2 Å². The molecule has 5 heteroatoms. The highest BCUT2D eigenvalue weighted by molar-refractivity contribution is 6.68. The molecule has 0 radical (unpaired) electrons. The quantitative estimate of drug-likeness (QED) is 0.0656. The maximum absolute atomic E-state index is 11.2. The fourth-order valence-electron chi connectivity index (χ4n) is 3.16. The van der Waals surface area contributed by atoms with E-state index in [4.69, 9.17) is 27.9 Å². The van der Waals surface area contributed by atoms with Gasteiger partial charge in [-0.3, -0.25) is 0 Å². The predicted octanol–water partition coefficient (Wildman–Crippen LogP) is 7.31. The first-order valence-corrected chi connectivity index (χ1v) is 13.8. The van der Waals surface area contributed by atoms with E-state index in [1.54, 1.807) is 6.92 Å². The highest BCUT2D eigenvalue weighted by Crippen LogP contribution is 2.14. The summed E-state index contributed by atoms with van der Waals surface area (Å²) in [6.07, 6.45) is 19.9. The molecule has 2 nitrogen and oxygen atoms in total. The van der Waals surface area contributed by atoms with Gasteiger partial charge in [-0.1, -0.05) is 103 Å². The molecule has 0 unspecified atom stereocenters. The molecule has 160 valence electrons. The standard InChI is InChI=1S/C22H42Cl2O2Si/c1-20(2)21(25)26-18-16-14-12-10-8-6-4-3-5-7-9-11-13-15-17-19-27-22(23)24/h22H,1,3-19,27H2,2H3. The average molecular weight is 438 g/mol. The fraction of sp³-hybridized carbons (Fsp3) is 0.864.